The smallest absolute Gasteiger partial charge is 0.366 e. The van der Waals surface area contributed by atoms with Crippen LogP contribution in [0.15, 0.2) is 57.4 Å². The van der Waals surface area contributed by atoms with Gasteiger partial charge in [-0.2, -0.15) is 0 Å². The number of carbonyl (C=O) groups excluding carboxylic acids is 1. The Bertz CT molecular complexity index is 862. The van der Waals surface area contributed by atoms with Crippen molar-refractivity contribution in [1.82, 2.24) is 4.98 Å². The average Bonchev–Trinajstić information content (AvgIpc) is 2.93. The second-order valence-electron chi connectivity index (χ2n) is 4.75. The molecule has 6 heteroatoms. The summed E-state index contributed by atoms with van der Waals surface area (Å²) in [7, 11) is 0. The first kappa shape index (κ1) is 15.8. The number of nitrogens with zero attached hydrogens (tertiary/aromatic N) is 1. The molecule has 0 atom stereocenters. The second-order valence-corrected chi connectivity index (χ2v) is 6.04. The second kappa shape index (κ2) is 6.56. The van der Waals surface area contributed by atoms with E-state index in [0.29, 0.717) is 26.9 Å². The van der Waals surface area contributed by atoms with Gasteiger partial charge in [-0.15, -0.1) is 0 Å². The van der Waals surface area contributed by atoms with E-state index in [2.05, 4.69) is 20.9 Å². The number of hydrogen-bond donors (Lipinski definition) is 0. The molecule has 0 radical (unpaired) electrons. The molecule has 0 aliphatic carbocycles. The highest BCUT2D eigenvalue weighted by Gasteiger charge is 2.20. The van der Waals surface area contributed by atoms with Crippen LogP contribution >= 0.6 is 27.5 Å². The standard InChI is InChI=1S/C17H11BrClNO3/c1-10-15(20-16(22-10)11-5-3-2-4-6-11)17(21)23-14-8-7-12(19)9-13(14)18/h2-9H,1H3. The van der Waals surface area contributed by atoms with Gasteiger partial charge in [0.15, 0.2) is 5.69 Å². The number of aromatic nitrogens is 1. The molecule has 1 heterocycles. The number of rotatable bonds is 3. The van der Waals surface area contributed by atoms with Gasteiger partial charge in [0.2, 0.25) is 5.89 Å². The molecule has 1 aromatic heterocycles. The van der Waals surface area contributed by atoms with Crippen LogP contribution < -0.4 is 4.74 Å². The van der Waals surface area contributed by atoms with Crippen LogP contribution in [0.5, 0.6) is 5.75 Å². The van der Waals surface area contributed by atoms with Crippen molar-refractivity contribution in [2.45, 2.75) is 6.92 Å². The first-order valence-electron chi connectivity index (χ1n) is 6.74. The number of hydrogen-bond acceptors (Lipinski definition) is 4. The van der Waals surface area contributed by atoms with E-state index in [0.717, 1.165) is 5.56 Å². The fourth-order valence-electron chi connectivity index (χ4n) is 2.00. The topological polar surface area (TPSA) is 52.3 Å². The molecule has 4 nitrogen and oxygen atoms in total. The van der Waals surface area contributed by atoms with Crippen molar-refractivity contribution >= 4 is 33.5 Å². The molecule has 3 aromatic rings. The highest BCUT2D eigenvalue weighted by molar-refractivity contribution is 9.10. The van der Waals surface area contributed by atoms with E-state index >= 15 is 0 Å². The molecule has 116 valence electrons. The van der Waals surface area contributed by atoms with Crippen molar-refractivity contribution in [3.63, 3.8) is 0 Å². The Labute approximate surface area is 146 Å². The van der Waals surface area contributed by atoms with Crippen LogP contribution in [0.25, 0.3) is 11.5 Å². The van der Waals surface area contributed by atoms with Gasteiger partial charge in [0.1, 0.15) is 11.5 Å². The summed E-state index contributed by atoms with van der Waals surface area (Å²) < 4.78 is 11.5. The number of aryl methyl sites for hydroxylation is 1. The number of oxazole rings is 1. The van der Waals surface area contributed by atoms with Gasteiger partial charge in [-0.3, -0.25) is 0 Å². The van der Waals surface area contributed by atoms with Crippen LogP contribution in [0, 0.1) is 6.92 Å². The molecule has 0 bridgehead atoms. The molecule has 0 saturated carbocycles. The highest BCUT2D eigenvalue weighted by atomic mass is 79.9. The first-order chi connectivity index (χ1) is 11.0. The van der Waals surface area contributed by atoms with Crippen molar-refractivity contribution in [3.05, 3.63) is 69.5 Å². The minimum atomic E-state index is -0.587. The number of halogens is 2. The Balaban J connectivity index is 1.87. The summed E-state index contributed by atoms with van der Waals surface area (Å²) in [5.74, 6) is 0.559. The number of benzene rings is 2. The zero-order valence-corrected chi connectivity index (χ0v) is 14.4. The molecule has 0 N–H and O–H groups in total. The zero-order valence-electron chi connectivity index (χ0n) is 12.0. The molecule has 3 rings (SSSR count). The third-order valence-electron chi connectivity index (χ3n) is 3.11. The monoisotopic (exact) mass is 391 g/mol. The summed E-state index contributed by atoms with van der Waals surface area (Å²) in [5.41, 5.74) is 0.938. The minimum Gasteiger partial charge on any atom is -0.441 e. The predicted octanol–water partition coefficient (Wildman–Crippen LogP) is 5.29. The third-order valence-corrected chi connectivity index (χ3v) is 3.96. The first-order valence-corrected chi connectivity index (χ1v) is 7.92. The van der Waals surface area contributed by atoms with Gasteiger partial charge in [0.25, 0.3) is 0 Å². The maximum Gasteiger partial charge on any atom is 0.366 e. The number of carbonyl (C=O) groups is 1. The lowest BCUT2D eigenvalue weighted by atomic mass is 10.2. The summed E-state index contributed by atoms with van der Waals surface area (Å²) in [6.45, 7) is 1.67. The van der Waals surface area contributed by atoms with Gasteiger partial charge < -0.3 is 9.15 Å². The number of esters is 1. The zero-order chi connectivity index (χ0) is 16.4. The summed E-state index contributed by atoms with van der Waals surface area (Å²) in [5, 5.41) is 0.542. The Morgan fingerprint density at radius 1 is 1.22 bits per heavy atom. The number of ether oxygens (including phenoxy) is 1. The Kier molecular flexibility index (Phi) is 4.50. The van der Waals surface area contributed by atoms with Crippen LogP contribution in [0.4, 0.5) is 0 Å². The third kappa shape index (κ3) is 3.46. The molecular weight excluding hydrogens is 382 g/mol. The molecule has 0 aliphatic heterocycles. The van der Waals surface area contributed by atoms with Crippen molar-refractivity contribution in [3.8, 4) is 17.2 Å². The largest absolute Gasteiger partial charge is 0.441 e. The maximum absolute atomic E-state index is 12.3. The molecule has 0 fully saturated rings. The summed E-state index contributed by atoms with van der Waals surface area (Å²) >= 11 is 9.17. The molecule has 0 amide bonds. The quantitative estimate of drug-likeness (QED) is 0.449. The van der Waals surface area contributed by atoms with Crippen molar-refractivity contribution < 1.29 is 13.9 Å². The van der Waals surface area contributed by atoms with Gasteiger partial charge in [-0.1, -0.05) is 29.8 Å². The summed E-state index contributed by atoms with van der Waals surface area (Å²) in [4.78, 5) is 16.6. The fraction of sp³-hybridized carbons (Fsp3) is 0.0588. The van der Waals surface area contributed by atoms with Crippen molar-refractivity contribution in [1.29, 1.82) is 0 Å². The van der Waals surface area contributed by atoms with E-state index in [9.17, 15) is 4.79 Å². The molecule has 2 aromatic carbocycles. The average molecular weight is 393 g/mol. The van der Waals surface area contributed by atoms with Crippen LogP contribution in [0.3, 0.4) is 0 Å². The summed E-state index contributed by atoms with van der Waals surface area (Å²) in [6, 6.07) is 14.3. The molecule has 0 unspecified atom stereocenters. The lowest BCUT2D eigenvalue weighted by Gasteiger charge is -2.05. The van der Waals surface area contributed by atoms with Gasteiger partial charge in [0, 0.05) is 10.6 Å². The van der Waals surface area contributed by atoms with E-state index < -0.39 is 5.97 Å². The molecule has 23 heavy (non-hydrogen) atoms. The normalized spacial score (nSPS) is 10.6. The van der Waals surface area contributed by atoms with Crippen LogP contribution in [-0.2, 0) is 0 Å². The van der Waals surface area contributed by atoms with Crippen molar-refractivity contribution in [2.75, 3.05) is 0 Å². The fourth-order valence-corrected chi connectivity index (χ4v) is 2.76. The Morgan fingerprint density at radius 3 is 2.65 bits per heavy atom. The lowest BCUT2D eigenvalue weighted by molar-refractivity contribution is 0.0726. The van der Waals surface area contributed by atoms with Crippen LogP contribution in [-0.4, -0.2) is 11.0 Å². The maximum atomic E-state index is 12.3. The van der Waals surface area contributed by atoms with Crippen LogP contribution in [0.2, 0.25) is 5.02 Å². The van der Waals surface area contributed by atoms with E-state index in [1.165, 1.54) is 0 Å². The highest BCUT2D eigenvalue weighted by Crippen LogP contribution is 2.29. The Morgan fingerprint density at radius 2 is 1.96 bits per heavy atom. The molecular formula is C17H11BrClNO3. The van der Waals surface area contributed by atoms with Gasteiger partial charge in [0.05, 0.1) is 4.47 Å². The van der Waals surface area contributed by atoms with Gasteiger partial charge in [-0.05, 0) is 53.2 Å². The molecule has 0 aliphatic rings. The van der Waals surface area contributed by atoms with E-state index in [1.807, 2.05) is 30.3 Å². The van der Waals surface area contributed by atoms with E-state index in [1.54, 1.807) is 25.1 Å². The lowest BCUT2D eigenvalue weighted by Crippen LogP contribution is -2.10. The Hall–Kier alpha value is -2.11. The van der Waals surface area contributed by atoms with E-state index in [4.69, 9.17) is 20.8 Å². The van der Waals surface area contributed by atoms with Crippen molar-refractivity contribution in [2.24, 2.45) is 0 Å². The van der Waals surface area contributed by atoms with Crippen LogP contribution in [0.1, 0.15) is 16.2 Å². The van der Waals surface area contributed by atoms with E-state index in [-0.39, 0.29) is 5.69 Å². The molecule has 0 spiro atoms. The molecule has 0 saturated heterocycles. The summed E-state index contributed by atoms with van der Waals surface area (Å²) in [6.07, 6.45) is 0. The SMILES string of the molecule is Cc1oc(-c2ccccc2)nc1C(=O)Oc1ccc(Cl)cc1Br. The van der Waals surface area contributed by atoms with Gasteiger partial charge in [-0.25, -0.2) is 9.78 Å². The minimum absolute atomic E-state index is 0.144. The van der Waals surface area contributed by atoms with Gasteiger partial charge >= 0.3 is 5.97 Å². The predicted molar refractivity (Wildman–Crippen MR) is 90.8 cm³/mol.